The van der Waals surface area contributed by atoms with Gasteiger partial charge in [-0.3, -0.25) is 0 Å². The molecule has 1 aromatic rings. The molecular formula is C11H8ClNO. The van der Waals surface area contributed by atoms with E-state index in [1.54, 1.807) is 25.1 Å². The lowest BCUT2D eigenvalue weighted by Crippen LogP contribution is -2.09. The van der Waals surface area contributed by atoms with Gasteiger partial charge in [-0.25, -0.2) is 0 Å². The van der Waals surface area contributed by atoms with E-state index in [4.69, 9.17) is 28.0 Å². The maximum absolute atomic E-state index is 8.77. The third-order valence-corrected chi connectivity index (χ3v) is 1.84. The number of hydrogen-bond acceptors (Lipinski definition) is 2. The summed E-state index contributed by atoms with van der Waals surface area (Å²) in [6.07, 6.45) is 4.78. The van der Waals surface area contributed by atoms with Gasteiger partial charge in [-0.1, -0.05) is 17.5 Å². The van der Waals surface area contributed by atoms with Crippen molar-refractivity contribution in [2.75, 3.05) is 0 Å². The van der Waals surface area contributed by atoms with Crippen LogP contribution in [0.5, 0.6) is 5.75 Å². The van der Waals surface area contributed by atoms with Gasteiger partial charge in [0, 0.05) is 11.1 Å². The fourth-order valence-corrected chi connectivity index (χ4v) is 1.07. The third kappa shape index (κ3) is 2.42. The van der Waals surface area contributed by atoms with Crippen molar-refractivity contribution >= 4 is 11.6 Å². The van der Waals surface area contributed by atoms with E-state index >= 15 is 0 Å². The molecule has 0 aromatic heterocycles. The Bertz CT molecular complexity index is 414. The molecule has 1 rings (SSSR count). The summed E-state index contributed by atoms with van der Waals surface area (Å²) in [6.45, 7) is 1.72. The second-order valence-electron chi connectivity index (χ2n) is 2.68. The van der Waals surface area contributed by atoms with Crippen LogP contribution in [0, 0.1) is 23.7 Å². The quantitative estimate of drug-likeness (QED) is 0.696. The van der Waals surface area contributed by atoms with Crippen LogP contribution in [-0.4, -0.2) is 6.10 Å². The van der Waals surface area contributed by atoms with Crippen LogP contribution in [0.25, 0.3) is 0 Å². The molecule has 0 aliphatic heterocycles. The topological polar surface area (TPSA) is 33.0 Å². The number of terminal acetylenes is 1. The number of benzene rings is 1. The molecule has 1 atom stereocenters. The molecule has 0 amide bonds. The van der Waals surface area contributed by atoms with Gasteiger partial charge in [0.1, 0.15) is 11.8 Å². The second-order valence-corrected chi connectivity index (χ2v) is 3.12. The van der Waals surface area contributed by atoms with E-state index in [1.807, 2.05) is 6.07 Å². The third-order valence-electron chi connectivity index (χ3n) is 1.60. The number of nitrogens with zero attached hydrogens (tertiary/aromatic N) is 1. The predicted octanol–water partition coefficient (Wildman–Crippen LogP) is 2.61. The van der Waals surface area contributed by atoms with Crippen molar-refractivity contribution < 1.29 is 4.74 Å². The maximum Gasteiger partial charge on any atom is 0.156 e. The summed E-state index contributed by atoms with van der Waals surface area (Å²) in [7, 11) is 0. The van der Waals surface area contributed by atoms with Gasteiger partial charge in [0.05, 0.1) is 5.56 Å². The van der Waals surface area contributed by atoms with Crippen molar-refractivity contribution in [2.45, 2.75) is 13.0 Å². The van der Waals surface area contributed by atoms with Gasteiger partial charge in [0.15, 0.2) is 6.10 Å². The van der Waals surface area contributed by atoms with Crippen molar-refractivity contribution in [1.29, 1.82) is 5.26 Å². The van der Waals surface area contributed by atoms with E-state index in [0.717, 1.165) is 0 Å². The molecule has 0 fully saturated rings. The summed E-state index contributed by atoms with van der Waals surface area (Å²) in [5.41, 5.74) is 0.427. The normalized spacial score (nSPS) is 11.1. The molecule has 0 saturated carbocycles. The highest BCUT2D eigenvalue weighted by Crippen LogP contribution is 2.23. The lowest BCUT2D eigenvalue weighted by atomic mass is 10.2. The highest BCUT2D eigenvalue weighted by Gasteiger charge is 2.06. The lowest BCUT2D eigenvalue weighted by molar-refractivity contribution is 0.278. The van der Waals surface area contributed by atoms with Crippen molar-refractivity contribution in [3.05, 3.63) is 28.8 Å². The Morgan fingerprint density at radius 3 is 2.86 bits per heavy atom. The Kier molecular flexibility index (Phi) is 3.40. The summed E-state index contributed by atoms with van der Waals surface area (Å²) in [5, 5.41) is 9.29. The standard InChI is InChI=1S/C11H8ClNO/c1-3-8(2)14-11-6-10(12)5-4-9(11)7-13/h1,4-6,8H,2H3. The van der Waals surface area contributed by atoms with Crippen molar-refractivity contribution in [2.24, 2.45) is 0 Å². The number of ether oxygens (including phenoxy) is 1. The lowest BCUT2D eigenvalue weighted by Gasteiger charge is -2.10. The van der Waals surface area contributed by atoms with Gasteiger partial charge in [0.2, 0.25) is 0 Å². The zero-order valence-electron chi connectivity index (χ0n) is 7.62. The minimum Gasteiger partial charge on any atom is -0.477 e. The summed E-state index contributed by atoms with van der Waals surface area (Å²) in [5.74, 6) is 2.83. The van der Waals surface area contributed by atoms with Crippen molar-refractivity contribution in [1.82, 2.24) is 0 Å². The zero-order valence-corrected chi connectivity index (χ0v) is 8.38. The molecular weight excluding hydrogens is 198 g/mol. The van der Waals surface area contributed by atoms with E-state index in [9.17, 15) is 0 Å². The monoisotopic (exact) mass is 205 g/mol. The molecule has 0 saturated heterocycles. The Morgan fingerprint density at radius 1 is 1.57 bits per heavy atom. The average Bonchev–Trinajstić information content (AvgIpc) is 2.18. The summed E-state index contributed by atoms with van der Waals surface area (Å²) in [4.78, 5) is 0. The van der Waals surface area contributed by atoms with Gasteiger partial charge in [-0.2, -0.15) is 5.26 Å². The van der Waals surface area contributed by atoms with E-state index in [1.165, 1.54) is 0 Å². The number of halogens is 1. The zero-order chi connectivity index (χ0) is 10.6. The van der Waals surface area contributed by atoms with Crippen molar-refractivity contribution in [3.8, 4) is 24.2 Å². The summed E-state index contributed by atoms with van der Waals surface area (Å²) >= 11 is 5.76. The minimum atomic E-state index is -0.374. The van der Waals surface area contributed by atoms with Gasteiger partial charge in [-0.05, 0) is 19.1 Å². The minimum absolute atomic E-state index is 0.374. The average molecular weight is 206 g/mol. The molecule has 0 aliphatic carbocycles. The fraction of sp³-hybridized carbons (Fsp3) is 0.182. The number of hydrogen-bond donors (Lipinski definition) is 0. The molecule has 0 N–H and O–H groups in total. The number of nitriles is 1. The van der Waals surface area contributed by atoms with Crippen LogP contribution in [0.2, 0.25) is 5.02 Å². The molecule has 3 heteroatoms. The molecule has 0 aliphatic rings. The van der Waals surface area contributed by atoms with Crippen molar-refractivity contribution in [3.63, 3.8) is 0 Å². The van der Waals surface area contributed by atoms with Crippen LogP contribution in [0.3, 0.4) is 0 Å². The smallest absolute Gasteiger partial charge is 0.156 e. The van der Waals surface area contributed by atoms with E-state index in [0.29, 0.717) is 16.3 Å². The largest absolute Gasteiger partial charge is 0.477 e. The fourth-order valence-electron chi connectivity index (χ4n) is 0.911. The molecule has 0 bridgehead atoms. The summed E-state index contributed by atoms with van der Waals surface area (Å²) in [6, 6.07) is 6.81. The second kappa shape index (κ2) is 4.56. The Balaban J connectivity index is 3.02. The summed E-state index contributed by atoms with van der Waals surface area (Å²) < 4.78 is 5.32. The van der Waals surface area contributed by atoms with Gasteiger partial charge in [-0.15, -0.1) is 6.42 Å². The van der Waals surface area contributed by atoms with Gasteiger partial charge in [0.25, 0.3) is 0 Å². The first-order valence-electron chi connectivity index (χ1n) is 4.00. The van der Waals surface area contributed by atoms with Gasteiger partial charge >= 0.3 is 0 Å². The van der Waals surface area contributed by atoms with Crippen LogP contribution < -0.4 is 4.74 Å². The molecule has 1 unspecified atom stereocenters. The maximum atomic E-state index is 8.77. The Hall–Kier alpha value is -1.64. The first kappa shape index (κ1) is 10.4. The van der Waals surface area contributed by atoms with Crippen LogP contribution in [-0.2, 0) is 0 Å². The molecule has 0 heterocycles. The molecule has 0 radical (unpaired) electrons. The first-order valence-corrected chi connectivity index (χ1v) is 4.37. The van der Waals surface area contributed by atoms with Crippen LogP contribution in [0.4, 0.5) is 0 Å². The van der Waals surface area contributed by atoms with Gasteiger partial charge < -0.3 is 4.74 Å². The first-order chi connectivity index (χ1) is 6.67. The molecule has 14 heavy (non-hydrogen) atoms. The predicted molar refractivity (Wildman–Crippen MR) is 55.1 cm³/mol. The Morgan fingerprint density at radius 2 is 2.29 bits per heavy atom. The molecule has 1 aromatic carbocycles. The highest BCUT2D eigenvalue weighted by atomic mass is 35.5. The Labute approximate surface area is 88.1 Å². The highest BCUT2D eigenvalue weighted by molar-refractivity contribution is 6.30. The molecule has 70 valence electrons. The number of rotatable bonds is 2. The van der Waals surface area contributed by atoms with E-state index < -0.39 is 0 Å². The molecule has 0 spiro atoms. The van der Waals surface area contributed by atoms with Crippen LogP contribution in [0.1, 0.15) is 12.5 Å². The van der Waals surface area contributed by atoms with Crippen LogP contribution in [0.15, 0.2) is 18.2 Å². The SMILES string of the molecule is C#CC(C)Oc1cc(Cl)ccc1C#N. The van der Waals surface area contributed by atoms with E-state index in [2.05, 4.69) is 5.92 Å². The van der Waals surface area contributed by atoms with E-state index in [-0.39, 0.29) is 6.10 Å². The molecule has 2 nitrogen and oxygen atoms in total. The van der Waals surface area contributed by atoms with Crippen LogP contribution >= 0.6 is 11.6 Å².